The molecular weight excluding hydrogens is 220 g/mol. The lowest BCUT2D eigenvalue weighted by atomic mass is 10.1. The van der Waals surface area contributed by atoms with Crippen LogP contribution in [-0.2, 0) is 0 Å². The standard InChI is InChI=1S/C12H18N2O3/c1-8(7-13)14-12(15)9-4-5-10(16-2)11(6-9)17-3/h4-6,8H,7,13H2,1-3H3,(H,14,15). The van der Waals surface area contributed by atoms with Crippen LogP contribution in [0, 0.1) is 0 Å². The van der Waals surface area contributed by atoms with Crippen LogP contribution in [0.2, 0.25) is 0 Å². The lowest BCUT2D eigenvalue weighted by Crippen LogP contribution is -2.37. The topological polar surface area (TPSA) is 73.6 Å². The first kappa shape index (κ1) is 13.3. The molecule has 0 aromatic heterocycles. The number of benzene rings is 1. The normalized spacial score (nSPS) is 11.8. The third kappa shape index (κ3) is 3.35. The summed E-state index contributed by atoms with van der Waals surface area (Å²) in [5.74, 6) is 0.945. The number of nitrogens with two attached hydrogens (primary N) is 1. The monoisotopic (exact) mass is 238 g/mol. The Kier molecular flexibility index (Phi) is 4.78. The molecule has 0 heterocycles. The molecule has 0 aliphatic carbocycles. The van der Waals surface area contributed by atoms with E-state index >= 15 is 0 Å². The molecule has 1 rings (SSSR count). The van der Waals surface area contributed by atoms with E-state index in [1.54, 1.807) is 25.3 Å². The minimum absolute atomic E-state index is 0.0596. The van der Waals surface area contributed by atoms with E-state index in [4.69, 9.17) is 15.2 Å². The number of rotatable bonds is 5. The van der Waals surface area contributed by atoms with Gasteiger partial charge in [0.1, 0.15) is 0 Å². The summed E-state index contributed by atoms with van der Waals surface area (Å²) >= 11 is 0. The van der Waals surface area contributed by atoms with Gasteiger partial charge in [0.25, 0.3) is 5.91 Å². The Bertz CT molecular complexity index is 393. The molecule has 0 saturated carbocycles. The number of methoxy groups -OCH3 is 2. The summed E-state index contributed by atoms with van der Waals surface area (Å²) in [6.07, 6.45) is 0. The molecule has 1 amide bonds. The van der Waals surface area contributed by atoms with Gasteiger partial charge in [0.05, 0.1) is 14.2 Å². The first-order chi connectivity index (χ1) is 8.12. The van der Waals surface area contributed by atoms with E-state index in [9.17, 15) is 4.79 Å². The minimum atomic E-state index is -0.177. The second-order valence-electron chi connectivity index (χ2n) is 3.68. The van der Waals surface area contributed by atoms with Gasteiger partial charge in [0.15, 0.2) is 11.5 Å². The van der Waals surface area contributed by atoms with Crippen LogP contribution in [-0.4, -0.2) is 32.7 Å². The molecular formula is C12H18N2O3. The molecule has 0 spiro atoms. The third-order valence-electron chi connectivity index (χ3n) is 2.38. The fourth-order valence-corrected chi connectivity index (χ4v) is 1.34. The first-order valence-corrected chi connectivity index (χ1v) is 5.35. The quantitative estimate of drug-likeness (QED) is 0.795. The summed E-state index contributed by atoms with van der Waals surface area (Å²) in [5, 5.41) is 2.77. The van der Waals surface area contributed by atoms with Gasteiger partial charge < -0.3 is 20.5 Å². The van der Waals surface area contributed by atoms with Crippen LogP contribution in [0.15, 0.2) is 18.2 Å². The Morgan fingerprint density at radius 2 is 2.00 bits per heavy atom. The Morgan fingerprint density at radius 1 is 1.35 bits per heavy atom. The molecule has 0 radical (unpaired) electrons. The number of amides is 1. The average Bonchev–Trinajstić information content (AvgIpc) is 2.37. The molecule has 0 aliphatic heterocycles. The molecule has 0 saturated heterocycles. The van der Waals surface area contributed by atoms with Crippen molar-refractivity contribution in [2.24, 2.45) is 5.73 Å². The molecule has 1 unspecified atom stereocenters. The van der Waals surface area contributed by atoms with Gasteiger partial charge in [0.2, 0.25) is 0 Å². The lowest BCUT2D eigenvalue weighted by molar-refractivity contribution is 0.0941. The van der Waals surface area contributed by atoms with Gasteiger partial charge in [-0.3, -0.25) is 4.79 Å². The van der Waals surface area contributed by atoms with Gasteiger partial charge in [-0.2, -0.15) is 0 Å². The Hall–Kier alpha value is -1.75. The highest BCUT2D eigenvalue weighted by molar-refractivity contribution is 5.95. The molecule has 1 aromatic carbocycles. The van der Waals surface area contributed by atoms with Crippen molar-refractivity contribution >= 4 is 5.91 Å². The van der Waals surface area contributed by atoms with Crippen LogP contribution in [0.25, 0.3) is 0 Å². The maximum Gasteiger partial charge on any atom is 0.251 e. The van der Waals surface area contributed by atoms with Crippen LogP contribution in [0.5, 0.6) is 11.5 Å². The summed E-state index contributed by atoms with van der Waals surface area (Å²) in [7, 11) is 3.08. The molecule has 0 aliphatic rings. The van der Waals surface area contributed by atoms with Gasteiger partial charge >= 0.3 is 0 Å². The van der Waals surface area contributed by atoms with Crippen LogP contribution in [0.4, 0.5) is 0 Å². The van der Waals surface area contributed by atoms with E-state index in [-0.39, 0.29) is 11.9 Å². The van der Waals surface area contributed by atoms with E-state index in [0.717, 1.165) is 0 Å². The number of hydrogen-bond donors (Lipinski definition) is 2. The van der Waals surface area contributed by atoms with Crippen LogP contribution >= 0.6 is 0 Å². The van der Waals surface area contributed by atoms with Gasteiger partial charge in [-0.05, 0) is 25.1 Å². The van der Waals surface area contributed by atoms with Crippen molar-refractivity contribution in [3.8, 4) is 11.5 Å². The lowest BCUT2D eigenvalue weighted by Gasteiger charge is -2.13. The van der Waals surface area contributed by atoms with E-state index in [1.807, 2.05) is 6.92 Å². The minimum Gasteiger partial charge on any atom is -0.493 e. The fraction of sp³-hybridized carbons (Fsp3) is 0.417. The summed E-state index contributed by atoms with van der Waals surface area (Å²) < 4.78 is 10.2. The maximum absolute atomic E-state index is 11.8. The van der Waals surface area contributed by atoms with Crippen molar-refractivity contribution in [1.82, 2.24) is 5.32 Å². The van der Waals surface area contributed by atoms with Gasteiger partial charge in [-0.1, -0.05) is 0 Å². The molecule has 5 heteroatoms. The van der Waals surface area contributed by atoms with Crippen molar-refractivity contribution in [1.29, 1.82) is 0 Å². The number of ether oxygens (including phenoxy) is 2. The highest BCUT2D eigenvalue weighted by Crippen LogP contribution is 2.27. The molecule has 1 atom stereocenters. The van der Waals surface area contributed by atoms with Crippen molar-refractivity contribution in [2.45, 2.75) is 13.0 Å². The number of carbonyl (C=O) groups excluding carboxylic acids is 1. The zero-order valence-electron chi connectivity index (χ0n) is 10.3. The summed E-state index contributed by atoms with van der Waals surface area (Å²) in [6, 6.07) is 4.95. The molecule has 5 nitrogen and oxygen atoms in total. The van der Waals surface area contributed by atoms with Gasteiger partial charge in [0, 0.05) is 18.2 Å². The smallest absolute Gasteiger partial charge is 0.251 e. The predicted octanol–water partition coefficient (Wildman–Crippen LogP) is 0.781. The predicted molar refractivity (Wildman–Crippen MR) is 65.5 cm³/mol. The van der Waals surface area contributed by atoms with Gasteiger partial charge in [-0.15, -0.1) is 0 Å². The van der Waals surface area contributed by atoms with Crippen molar-refractivity contribution in [2.75, 3.05) is 20.8 Å². The highest BCUT2D eigenvalue weighted by Gasteiger charge is 2.12. The van der Waals surface area contributed by atoms with Crippen LogP contribution in [0.3, 0.4) is 0 Å². The SMILES string of the molecule is COc1ccc(C(=O)NC(C)CN)cc1OC. The van der Waals surface area contributed by atoms with E-state index < -0.39 is 0 Å². The summed E-state index contributed by atoms with van der Waals surface area (Å²) in [4.78, 5) is 11.8. The molecule has 94 valence electrons. The first-order valence-electron chi connectivity index (χ1n) is 5.35. The van der Waals surface area contributed by atoms with Crippen LogP contribution < -0.4 is 20.5 Å². The average molecular weight is 238 g/mol. The number of nitrogens with one attached hydrogen (secondary N) is 1. The van der Waals surface area contributed by atoms with E-state index in [1.165, 1.54) is 7.11 Å². The molecule has 17 heavy (non-hydrogen) atoms. The third-order valence-corrected chi connectivity index (χ3v) is 2.38. The van der Waals surface area contributed by atoms with Crippen molar-refractivity contribution in [3.05, 3.63) is 23.8 Å². The zero-order valence-corrected chi connectivity index (χ0v) is 10.3. The second-order valence-corrected chi connectivity index (χ2v) is 3.68. The Labute approximate surface area is 101 Å². The number of carbonyl (C=O) groups is 1. The Balaban J connectivity index is 2.88. The van der Waals surface area contributed by atoms with E-state index in [0.29, 0.717) is 23.6 Å². The maximum atomic E-state index is 11.8. The van der Waals surface area contributed by atoms with Crippen molar-refractivity contribution < 1.29 is 14.3 Å². The summed E-state index contributed by atoms with van der Waals surface area (Å²) in [5.41, 5.74) is 5.96. The molecule has 0 fully saturated rings. The fourth-order valence-electron chi connectivity index (χ4n) is 1.34. The Morgan fingerprint density at radius 3 is 2.53 bits per heavy atom. The highest BCUT2D eigenvalue weighted by atomic mass is 16.5. The van der Waals surface area contributed by atoms with E-state index in [2.05, 4.69) is 5.32 Å². The largest absolute Gasteiger partial charge is 0.493 e. The zero-order chi connectivity index (χ0) is 12.8. The van der Waals surface area contributed by atoms with Crippen LogP contribution in [0.1, 0.15) is 17.3 Å². The number of hydrogen-bond acceptors (Lipinski definition) is 4. The van der Waals surface area contributed by atoms with Crippen molar-refractivity contribution in [3.63, 3.8) is 0 Å². The molecule has 0 bridgehead atoms. The summed E-state index contributed by atoms with van der Waals surface area (Å²) in [6.45, 7) is 2.25. The second kappa shape index (κ2) is 6.10. The molecule has 3 N–H and O–H groups in total. The molecule has 1 aromatic rings. The van der Waals surface area contributed by atoms with Gasteiger partial charge in [-0.25, -0.2) is 0 Å².